The number of aryl methyl sites for hydroxylation is 1. The highest BCUT2D eigenvalue weighted by Gasteiger charge is 2.35. The number of ether oxygens (including phenoxy) is 1. The molecular formula is C24H25N5O3. The van der Waals surface area contributed by atoms with Crippen molar-refractivity contribution in [1.29, 1.82) is 0 Å². The van der Waals surface area contributed by atoms with E-state index in [1.807, 2.05) is 42.2 Å². The van der Waals surface area contributed by atoms with Crippen LogP contribution in [0, 0.1) is 6.92 Å². The van der Waals surface area contributed by atoms with E-state index in [1.165, 1.54) is 0 Å². The van der Waals surface area contributed by atoms with Crippen LogP contribution in [-0.2, 0) is 4.79 Å². The monoisotopic (exact) mass is 431 g/mol. The van der Waals surface area contributed by atoms with Crippen LogP contribution >= 0.6 is 0 Å². The fourth-order valence-electron chi connectivity index (χ4n) is 4.21. The largest absolute Gasteiger partial charge is 0.419 e. The van der Waals surface area contributed by atoms with Gasteiger partial charge in [-0.15, -0.1) is 0 Å². The molecule has 1 atom stereocenters. The van der Waals surface area contributed by atoms with Gasteiger partial charge in [0.1, 0.15) is 0 Å². The maximum Gasteiger partial charge on any atom is 0.419 e. The lowest BCUT2D eigenvalue weighted by atomic mass is 10.0. The van der Waals surface area contributed by atoms with Gasteiger partial charge in [0.2, 0.25) is 5.91 Å². The molecule has 1 aliphatic heterocycles. The number of hydrogen-bond acceptors (Lipinski definition) is 5. The van der Waals surface area contributed by atoms with Gasteiger partial charge < -0.3 is 9.64 Å². The molecule has 0 spiro atoms. The third-order valence-corrected chi connectivity index (χ3v) is 5.98. The molecule has 0 radical (unpaired) electrons. The Morgan fingerprint density at radius 2 is 1.94 bits per heavy atom. The zero-order valence-electron chi connectivity index (χ0n) is 18.4. The lowest BCUT2D eigenvalue weighted by molar-refractivity contribution is -0.117. The van der Waals surface area contributed by atoms with E-state index >= 15 is 0 Å². The zero-order chi connectivity index (χ0) is 22.4. The van der Waals surface area contributed by atoms with Gasteiger partial charge in [-0.1, -0.05) is 6.07 Å². The van der Waals surface area contributed by atoms with Gasteiger partial charge in [-0.05, 0) is 56.5 Å². The van der Waals surface area contributed by atoms with Crippen LogP contribution in [-0.4, -0.2) is 39.4 Å². The first-order valence-corrected chi connectivity index (χ1v) is 10.8. The SMILES string of the molecule is CC(=O)N1c2ccc(-c3cnn(C4CC4)c3)cc2N(C(=O)Oc2cccnc2C)C[C@@H]1C. The molecule has 3 aromatic rings. The molecule has 0 N–H and O–H groups in total. The van der Waals surface area contributed by atoms with Crippen LogP contribution in [0.3, 0.4) is 0 Å². The average molecular weight is 431 g/mol. The van der Waals surface area contributed by atoms with E-state index in [1.54, 1.807) is 42.0 Å². The minimum Gasteiger partial charge on any atom is -0.408 e. The number of carbonyl (C=O) groups excluding carboxylic acids is 2. The first-order valence-electron chi connectivity index (χ1n) is 10.8. The Morgan fingerprint density at radius 3 is 2.66 bits per heavy atom. The molecular weight excluding hydrogens is 406 g/mol. The van der Waals surface area contributed by atoms with Gasteiger partial charge in [0.05, 0.1) is 35.3 Å². The summed E-state index contributed by atoms with van der Waals surface area (Å²) in [6.07, 6.45) is 7.35. The molecule has 1 aromatic carbocycles. The van der Waals surface area contributed by atoms with Gasteiger partial charge in [0.15, 0.2) is 5.75 Å². The van der Waals surface area contributed by atoms with E-state index in [0.717, 1.165) is 24.0 Å². The van der Waals surface area contributed by atoms with Crippen molar-refractivity contribution >= 4 is 23.4 Å². The van der Waals surface area contributed by atoms with Crippen LogP contribution in [0.5, 0.6) is 5.75 Å². The zero-order valence-corrected chi connectivity index (χ0v) is 18.4. The van der Waals surface area contributed by atoms with Crippen molar-refractivity contribution in [2.75, 3.05) is 16.3 Å². The second kappa shape index (κ2) is 7.78. The Morgan fingerprint density at radius 1 is 1.12 bits per heavy atom. The molecule has 2 aromatic heterocycles. The molecule has 1 aliphatic carbocycles. The molecule has 5 rings (SSSR count). The van der Waals surface area contributed by atoms with Crippen molar-refractivity contribution in [3.63, 3.8) is 0 Å². The first kappa shape index (κ1) is 20.2. The Labute approximate surface area is 186 Å². The van der Waals surface area contributed by atoms with Gasteiger partial charge in [-0.25, -0.2) is 4.79 Å². The number of aromatic nitrogens is 3. The second-order valence-electron chi connectivity index (χ2n) is 8.45. The molecule has 8 nitrogen and oxygen atoms in total. The number of benzene rings is 1. The van der Waals surface area contributed by atoms with E-state index in [9.17, 15) is 9.59 Å². The van der Waals surface area contributed by atoms with Crippen LogP contribution in [0.25, 0.3) is 11.1 Å². The van der Waals surface area contributed by atoms with E-state index in [0.29, 0.717) is 35.4 Å². The second-order valence-corrected chi connectivity index (χ2v) is 8.45. The van der Waals surface area contributed by atoms with Gasteiger partial charge in [0.25, 0.3) is 0 Å². The van der Waals surface area contributed by atoms with Crippen molar-refractivity contribution in [2.24, 2.45) is 0 Å². The minimum absolute atomic E-state index is 0.0656. The number of carbonyl (C=O) groups is 2. The molecule has 32 heavy (non-hydrogen) atoms. The highest BCUT2D eigenvalue weighted by Crippen LogP contribution is 2.40. The van der Waals surface area contributed by atoms with E-state index < -0.39 is 6.09 Å². The average Bonchev–Trinajstić information content (AvgIpc) is 3.50. The summed E-state index contributed by atoms with van der Waals surface area (Å²) in [5, 5.41) is 4.48. The maximum atomic E-state index is 13.2. The predicted octanol–water partition coefficient (Wildman–Crippen LogP) is 4.35. The van der Waals surface area contributed by atoms with E-state index in [2.05, 4.69) is 10.1 Å². The van der Waals surface area contributed by atoms with Gasteiger partial charge in [-0.2, -0.15) is 5.10 Å². The standard InChI is InChI=1S/C24H25N5O3/c1-15-13-27(24(31)32-23-5-4-10-25-16(23)2)22-11-18(6-9-21(22)29(15)17(3)30)19-12-26-28(14-19)20-7-8-20/h4-6,9-12,14-15,20H,7-8,13H2,1-3H3/t15-/m0/s1. The Kier molecular flexibility index (Phi) is 4.92. The number of anilines is 2. The highest BCUT2D eigenvalue weighted by molar-refractivity contribution is 6.03. The normalized spacial score (nSPS) is 17.8. The van der Waals surface area contributed by atoms with Crippen molar-refractivity contribution in [2.45, 2.75) is 45.7 Å². The van der Waals surface area contributed by atoms with Gasteiger partial charge in [0, 0.05) is 31.4 Å². The van der Waals surface area contributed by atoms with Crippen LogP contribution in [0.2, 0.25) is 0 Å². The number of pyridine rings is 1. The number of amides is 2. The molecule has 0 bridgehead atoms. The summed E-state index contributed by atoms with van der Waals surface area (Å²) in [6.45, 7) is 5.59. The molecule has 2 aliphatic rings. The molecule has 1 fully saturated rings. The van der Waals surface area contributed by atoms with Crippen LogP contribution < -0.4 is 14.5 Å². The number of fused-ring (bicyclic) bond motifs is 1. The van der Waals surface area contributed by atoms with Crippen LogP contribution in [0.4, 0.5) is 16.2 Å². The summed E-state index contributed by atoms with van der Waals surface area (Å²) in [7, 11) is 0. The van der Waals surface area contributed by atoms with Crippen molar-refractivity contribution < 1.29 is 14.3 Å². The van der Waals surface area contributed by atoms with Crippen molar-refractivity contribution in [1.82, 2.24) is 14.8 Å². The summed E-state index contributed by atoms with van der Waals surface area (Å²) in [5.74, 6) is 0.353. The Balaban J connectivity index is 1.53. The van der Waals surface area contributed by atoms with E-state index in [-0.39, 0.29) is 11.9 Å². The molecule has 164 valence electrons. The summed E-state index contributed by atoms with van der Waals surface area (Å²) >= 11 is 0. The lowest BCUT2D eigenvalue weighted by Crippen LogP contribution is -2.52. The molecule has 1 saturated carbocycles. The Hall–Kier alpha value is -3.68. The number of nitrogens with zero attached hydrogens (tertiary/aromatic N) is 5. The molecule has 0 unspecified atom stereocenters. The lowest BCUT2D eigenvalue weighted by Gasteiger charge is -2.40. The number of rotatable bonds is 3. The Bertz CT molecular complexity index is 1200. The van der Waals surface area contributed by atoms with Crippen LogP contribution in [0.1, 0.15) is 38.4 Å². The summed E-state index contributed by atoms with van der Waals surface area (Å²) < 4.78 is 7.68. The molecule has 2 amide bonds. The van der Waals surface area contributed by atoms with Crippen molar-refractivity contribution in [3.05, 3.63) is 54.6 Å². The smallest absolute Gasteiger partial charge is 0.408 e. The minimum atomic E-state index is -0.497. The summed E-state index contributed by atoms with van der Waals surface area (Å²) in [5.41, 5.74) is 3.88. The van der Waals surface area contributed by atoms with Crippen molar-refractivity contribution in [3.8, 4) is 16.9 Å². The highest BCUT2D eigenvalue weighted by atomic mass is 16.6. The number of hydrogen-bond donors (Lipinski definition) is 0. The quantitative estimate of drug-likeness (QED) is 0.616. The third kappa shape index (κ3) is 3.62. The van der Waals surface area contributed by atoms with Gasteiger partial charge >= 0.3 is 6.09 Å². The summed E-state index contributed by atoms with van der Waals surface area (Å²) in [6, 6.07) is 9.55. The van der Waals surface area contributed by atoms with Crippen LogP contribution in [0.15, 0.2) is 48.9 Å². The first-order chi connectivity index (χ1) is 15.4. The fraction of sp³-hybridized carbons (Fsp3) is 0.333. The van der Waals surface area contributed by atoms with Gasteiger partial charge in [-0.3, -0.25) is 19.4 Å². The van der Waals surface area contributed by atoms with E-state index in [4.69, 9.17) is 4.74 Å². The maximum absolute atomic E-state index is 13.2. The topological polar surface area (TPSA) is 80.6 Å². The summed E-state index contributed by atoms with van der Waals surface area (Å²) in [4.78, 5) is 33.1. The third-order valence-electron chi connectivity index (χ3n) is 5.98. The molecule has 0 saturated heterocycles. The molecule has 8 heteroatoms. The molecule has 3 heterocycles. The predicted molar refractivity (Wildman–Crippen MR) is 121 cm³/mol. The fourth-order valence-corrected chi connectivity index (χ4v) is 4.21.